The molecule has 10 heavy (non-hydrogen) atoms. The van der Waals surface area contributed by atoms with Gasteiger partial charge in [0.25, 0.3) is 0 Å². The van der Waals surface area contributed by atoms with Gasteiger partial charge in [0.1, 0.15) is 0 Å². The summed E-state index contributed by atoms with van der Waals surface area (Å²) in [5.41, 5.74) is 1.10. The molecule has 0 aromatic carbocycles. The van der Waals surface area contributed by atoms with Gasteiger partial charge in [-0.15, -0.1) is 0 Å². The van der Waals surface area contributed by atoms with E-state index >= 15 is 0 Å². The number of carboxylic acids is 1. The minimum absolute atomic E-state index is 0.686. The number of hydrogen-bond acceptors (Lipinski definition) is 1. The monoisotopic (exact) mass is 140 g/mol. The summed E-state index contributed by atoms with van der Waals surface area (Å²) in [5, 5.41) is 8.38. The van der Waals surface area contributed by atoms with Gasteiger partial charge in [-0.05, 0) is 25.2 Å². The van der Waals surface area contributed by atoms with Crippen molar-refractivity contribution < 1.29 is 9.90 Å². The maximum Gasteiger partial charge on any atom is 0.328 e. The van der Waals surface area contributed by atoms with Crippen molar-refractivity contribution >= 4 is 5.97 Å². The number of rotatable bonds is 1. The lowest BCUT2D eigenvalue weighted by Crippen LogP contribution is -1.89. The van der Waals surface area contributed by atoms with Crippen LogP contribution in [0.2, 0.25) is 0 Å². The first-order valence-electron chi connectivity index (χ1n) is 3.61. The molecule has 2 nitrogen and oxygen atoms in total. The highest BCUT2D eigenvalue weighted by atomic mass is 16.4. The van der Waals surface area contributed by atoms with E-state index < -0.39 is 5.97 Å². The summed E-state index contributed by atoms with van der Waals surface area (Å²) in [6, 6.07) is 0. The molecule has 1 N–H and O–H groups in total. The molecule has 0 unspecified atom stereocenters. The van der Waals surface area contributed by atoms with E-state index in [1.54, 1.807) is 0 Å². The van der Waals surface area contributed by atoms with E-state index in [-0.39, 0.29) is 0 Å². The van der Waals surface area contributed by atoms with Crippen LogP contribution in [0.3, 0.4) is 0 Å². The maximum absolute atomic E-state index is 10.2. The van der Waals surface area contributed by atoms with E-state index in [1.165, 1.54) is 6.08 Å². The van der Waals surface area contributed by atoms with Gasteiger partial charge in [-0.25, -0.2) is 4.79 Å². The molecule has 0 spiro atoms. The van der Waals surface area contributed by atoms with Gasteiger partial charge >= 0.3 is 5.97 Å². The van der Waals surface area contributed by atoms with Crippen LogP contribution in [0, 0.1) is 5.92 Å². The van der Waals surface area contributed by atoms with Gasteiger partial charge < -0.3 is 5.11 Å². The molecule has 1 rings (SSSR count). The summed E-state index contributed by atoms with van der Waals surface area (Å²) in [4.78, 5) is 10.2. The first-order valence-corrected chi connectivity index (χ1v) is 3.61. The van der Waals surface area contributed by atoms with Gasteiger partial charge in [0, 0.05) is 6.08 Å². The molecule has 0 heterocycles. The molecule has 1 saturated carbocycles. The molecule has 1 atom stereocenters. The van der Waals surface area contributed by atoms with Crippen molar-refractivity contribution in [3.8, 4) is 0 Å². The van der Waals surface area contributed by atoms with Crippen LogP contribution >= 0.6 is 0 Å². The van der Waals surface area contributed by atoms with E-state index in [1.807, 2.05) is 0 Å². The summed E-state index contributed by atoms with van der Waals surface area (Å²) >= 11 is 0. The third kappa shape index (κ3) is 1.87. The number of allylic oxidation sites excluding steroid dienone is 1. The zero-order valence-electron chi connectivity index (χ0n) is 6.13. The minimum Gasteiger partial charge on any atom is -0.478 e. The highest BCUT2D eigenvalue weighted by Gasteiger charge is 2.14. The smallest absolute Gasteiger partial charge is 0.328 e. The molecule has 0 saturated heterocycles. The quantitative estimate of drug-likeness (QED) is 0.564. The molecule has 0 bridgehead atoms. The lowest BCUT2D eigenvalue weighted by Gasteiger charge is -1.93. The summed E-state index contributed by atoms with van der Waals surface area (Å²) < 4.78 is 0. The first kappa shape index (κ1) is 7.32. The van der Waals surface area contributed by atoms with Crippen LogP contribution in [0.15, 0.2) is 11.6 Å². The molecule has 56 valence electrons. The lowest BCUT2D eigenvalue weighted by molar-refractivity contribution is -0.131. The molecule has 2 heteroatoms. The standard InChI is InChI=1S/C8H12O2/c1-6-2-3-7(4-6)5-8(9)10/h5-6H,2-4H2,1H3,(H,9,10)/b7-5+/t6-/m1/s1. The number of aliphatic carboxylic acids is 1. The van der Waals surface area contributed by atoms with Crippen molar-refractivity contribution in [3.63, 3.8) is 0 Å². The van der Waals surface area contributed by atoms with Gasteiger partial charge in [-0.1, -0.05) is 12.5 Å². The average Bonchev–Trinajstić information content (AvgIpc) is 2.13. The van der Waals surface area contributed by atoms with Crippen LogP contribution in [0.1, 0.15) is 26.2 Å². The molecule has 1 aliphatic rings. The second-order valence-corrected chi connectivity index (χ2v) is 2.99. The fourth-order valence-electron chi connectivity index (χ4n) is 1.39. The van der Waals surface area contributed by atoms with Crippen LogP contribution in [0.4, 0.5) is 0 Å². The summed E-state index contributed by atoms with van der Waals surface area (Å²) in [7, 11) is 0. The van der Waals surface area contributed by atoms with Gasteiger partial charge in [-0.3, -0.25) is 0 Å². The third-order valence-electron chi connectivity index (χ3n) is 1.90. The topological polar surface area (TPSA) is 37.3 Å². The molecule has 1 fully saturated rings. The molecule has 0 aromatic rings. The predicted octanol–water partition coefficient (Wildman–Crippen LogP) is 1.82. The number of carbonyl (C=O) groups is 1. The molecular formula is C8H12O2. The summed E-state index contributed by atoms with van der Waals surface area (Å²) in [6.07, 6.45) is 4.46. The van der Waals surface area contributed by atoms with Crippen molar-refractivity contribution in [2.24, 2.45) is 5.92 Å². The van der Waals surface area contributed by atoms with Crippen molar-refractivity contribution in [2.45, 2.75) is 26.2 Å². The van der Waals surface area contributed by atoms with Gasteiger partial charge in [0.2, 0.25) is 0 Å². The number of carboxylic acid groups (broad SMARTS) is 1. The Morgan fingerprint density at radius 3 is 2.90 bits per heavy atom. The largest absolute Gasteiger partial charge is 0.478 e. The highest BCUT2D eigenvalue weighted by Crippen LogP contribution is 2.29. The second kappa shape index (κ2) is 2.86. The highest BCUT2D eigenvalue weighted by molar-refractivity contribution is 5.80. The van der Waals surface area contributed by atoms with Crippen LogP contribution in [0.5, 0.6) is 0 Å². The Labute approximate surface area is 60.6 Å². The maximum atomic E-state index is 10.2. The Hall–Kier alpha value is -0.790. The summed E-state index contributed by atoms with van der Waals surface area (Å²) in [6.45, 7) is 2.16. The van der Waals surface area contributed by atoms with E-state index in [0.29, 0.717) is 5.92 Å². The van der Waals surface area contributed by atoms with Crippen LogP contribution < -0.4 is 0 Å². The van der Waals surface area contributed by atoms with E-state index in [4.69, 9.17) is 5.11 Å². The second-order valence-electron chi connectivity index (χ2n) is 2.99. The fourth-order valence-corrected chi connectivity index (χ4v) is 1.39. The van der Waals surface area contributed by atoms with Gasteiger partial charge in [0.05, 0.1) is 0 Å². The molecule has 0 aliphatic heterocycles. The van der Waals surface area contributed by atoms with Gasteiger partial charge in [0.15, 0.2) is 0 Å². The normalized spacial score (nSPS) is 29.3. The molecule has 0 radical (unpaired) electrons. The Morgan fingerprint density at radius 1 is 1.80 bits per heavy atom. The minimum atomic E-state index is -0.802. The van der Waals surface area contributed by atoms with Crippen molar-refractivity contribution in [1.82, 2.24) is 0 Å². The Bertz CT molecular complexity index is 170. The average molecular weight is 140 g/mol. The molecule has 1 aliphatic carbocycles. The zero-order valence-corrected chi connectivity index (χ0v) is 6.13. The first-order chi connectivity index (χ1) is 4.68. The molecule has 0 amide bonds. The van der Waals surface area contributed by atoms with Gasteiger partial charge in [-0.2, -0.15) is 0 Å². The lowest BCUT2D eigenvalue weighted by atomic mass is 10.1. The third-order valence-corrected chi connectivity index (χ3v) is 1.90. The van der Waals surface area contributed by atoms with E-state index in [2.05, 4.69) is 6.92 Å². The molecular weight excluding hydrogens is 128 g/mol. The van der Waals surface area contributed by atoms with Crippen LogP contribution in [0.25, 0.3) is 0 Å². The van der Waals surface area contributed by atoms with Crippen molar-refractivity contribution in [3.05, 3.63) is 11.6 Å². The summed E-state index contributed by atoms with van der Waals surface area (Å²) in [5.74, 6) is -0.116. The fraction of sp³-hybridized carbons (Fsp3) is 0.625. The van der Waals surface area contributed by atoms with Crippen LogP contribution in [-0.4, -0.2) is 11.1 Å². The van der Waals surface area contributed by atoms with Crippen molar-refractivity contribution in [1.29, 1.82) is 0 Å². The molecule has 0 aromatic heterocycles. The Morgan fingerprint density at radius 2 is 2.50 bits per heavy atom. The zero-order chi connectivity index (χ0) is 7.56. The van der Waals surface area contributed by atoms with E-state index in [9.17, 15) is 4.79 Å². The number of hydrogen-bond donors (Lipinski definition) is 1. The Kier molecular flexibility index (Phi) is 2.10. The SMILES string of the molecule is C[C@@H]1CC/C(=C\C(=O)O)C1. The predicted molar refractivity (Wildman–Crippen MR) is 38.7 cm³/mol. The Balaban J connectivity index is 2.51. The van der Waals surface area contributed by atoms with E-state index in [0.717, 1.165) is 24.8 Å². The van der Waals surface area contributed by atoms with Crippen molar-refractivity contribution in [2.75, 3.05) is 0 Å². The van der Waals surface area contributed by atoms with Crippen LogP contribution in [-0.2, 0) is 4.79 Å².